The summed E-state index contributed by atoms with van der Waals surface area (Å²) in [5.41, 5.74) is 1.22. The summed E-state index contributed by atoms with van der Waals surface area (Å²) >= 11 is 1.69. The molecule has 0 aromatic carbocycles. The molecule has 3 rings (SSSR count). The smallest absolute Gasteiger partial charge is 0.249 e. The maximum absolute atomic E-state index is 5.27. The van der Waals surface area contributed by atoms with Gasteiger partial charge in [-0.2, -0.15) is 4.98 Å². The Hall–Kier alpha value is -2.02. The molecule has 0 bridgehead atoms. The number of thiophene rings is 1. The molecule has 0 radical (unpaired) electrons. The number of aromatic nitrogens is 4. The lowest BCUT2D eigenvalue weighted by Crippen LogP contribution is -2.11. The third-order valence-corrected chi connectivity index (χ3v) is 4.64. The van der Waals surface area contributed by atoms with Gasteiger partial charge in [-0.05, 0) is 32.8 Å². The van der Waals surface area contributed by atoms with Crippen LogP contribution in [0.3, 0.4) is 0 Å². The quantitative estimate of drug-likeness (QED) is 0.794. The van der Waals surface area contributed by atoms with Crippen LogP contribution >= 0.6 is 11.3 Å². The van der Waals surface area contributed by atoms with Crippen LogP contribution < -0.4 is 5.32 Å². The summed E-state index contributed by atoms with van der Waals surface area (Å²) in [7, 11) is 0. The van der Waals surface area contributed by atoms with Gasteiger partial charge in [0.05, 0.1) is 5.39 Å². The first-order valence-corrected chi connectivity index (χ1v) is 7.69. The van der Waals surface area contributed by atoms with Gasteiger partial charge in [-0.3, -0.25) is 0 Å². The summed E-state index contributed by atoms with van der Waals surface area (Å²) in [6.45, 7) is 8.08. The topological polar surface area (TPSA) is 76.7 Å². The molecule has 3 aromatic rings. The number of nitrogens with zero attached hydrogens (tertiary/aromatic N) is 4. The fraction of sp³-hybridized carbons (Fsp3) is 0.429. The van der Waals surface area contributed by atoms with Crippen LogP contribution in [0, 0.1) is 20.8 Å². The molecular weight excluding hydrogens is 286 g/mol. The fourth-order valence-corrected chi connectivity index (χ4v) is 3.25. The Labute approximate surface area is 126 Å². The average molecular weight is 303 g/mol. The molecule has 1 atom stereocenters. The molecule has 0 saturated heterocycles. The van der Waals surface area contributed by atoms with Crippen LogP contribution in [0.2, 0.25) is 0 Å². The molecule has 6 nitrogen and oxygen atoms in total. The third-order valence-electron chi connectivity index (χ3n) is 3.53. The zero-order valence-corrected chi connectivity index (χ0v) is 13.3. The second-order valence-electron chi connectivity index (χ2n) is 4.97. The lowest BCUT2D eigenvalue weighted by molar-refractivity contribution is 0.356. The highest BCUT2D eigenvalue weighted by molar-refractivity contribution is 7.18. The van der Waals surface area contributed by atoms with Crippen molar-refractivity contribution in [1.29, 1.82) is 0 Å². The maximum atomic E-state index is 5.27. The fourth-order valence-electron chi connectivity index (χ4n) is 2.25. The first-order chi connectivity index (χ1) is 10.1. The minimum atomic E-state index is -0.0519. The molecule has 0 amide bonds. The lowest BCUT2D eigenvalue weighted by Gasteiger charge is -2.14. The van der Waals surface area contributed by atoms with Crippen LogP contribution in [-0.4, -0.2) is 20.1 Å². The SMILES string of the molecule is CC[C@H](Nc1ncnc2sc(C)c(C)c12)c1nc(C)no1. The molecule has 3 aromatic heterocycles. The van der Waals surface area contributed by atoms with Crippen molar-refractivity contribution in [2.75, 3.05) is 5.32 Å². The van der Waals surface area contributed by atoms with E-state index in [2.05, 4.69) is 46.2 Å². The van der Waals surface area contributed by atoms with E-state index >= 15 is 0 Å². The van der Waals surface area contributed by atoms with Crippen molar-refractivity contribution in [2.45, 2.75) is 40.2 Å². The van der Waals surface area contributed by atoms with Gasteiger partial charge in [0, 0.05) is 4.88 Å². The summed E-state index contributed by atoms with van der Waals surface area (Å²) in [5, 5.41) is 8.35. The number of hydrogen-bond acceptors (Lipinski definition) is 7. The minimum Gasteiger partial charge on any atom is -0.358 e. The van der Waals surface area contributed by atoms with Crippen molar-refractivity contribution in [3.8, 4) is 0 Å². The number of hydrogen-bond donors (Lipinski definition) is 1. The number of fused-ring (bicyclic) bond motifs is 1. The molecule has 21 heavy (non-hydrogen) atoms. The van der Waals surface area contributed by atoms with Gasteiger partial charge in [0.1, 0.15) is 23.0 Å². The molecule has 1 N–H and O–H groups in total. The first-order valence-electron chi connectivity index (χ1n) is 6.87. The summed E-state index contributed by atoms with van der Waals surface area (Å²) in [6, 6.07) is -0.0519. The largest absolute Gasteiger partial charge is 0.358 e. The molecule has 0 aliphatic rings. The monoisotopic (exact) mass is 303 g/mol. The molecular formula is C14H17N5OS. The molecule has 7 heteroatoms. The van der Waals surface area contributed by atoms with E-state index in [1.807, 2.05) is 6.92 Å². The molecule has 0 aliphatic carbocycles. The second kappa shape index (κ2) is 5.40. The lowest BCUT2D eigenvalue weighted by atomic mass is 10.2. The van der Waals surface area contributed by atoms with E-state index in [1.54, 1.807) is 17.7 Å². The molecule has 3 heterocycles. The van der Waals surface area contributed by atoms with Crippen molar-refractivity contribution in [3.63, 3.8) is 0 Å². The van der Waals surface area contributed by atoms with Crippen LogP contribution in [-0.2, 0) is 0 Å². The number of nitrogens with one attached hydrogen (secondary N) is 1. The molecule has 0 unspecified atom stereocenters. The summed E-state index contributed by atoms with van der Waals surface area (Å²) in [6.07, 6.45) is 2.42. The highest BCUT2D eigenvalue weighted by atomic mass is 32.1. The van der Waals surface area contributed by atoms with E-state index < -0.39 is 0 Å². The van der Waals surface area contributed by atoms with Crippen LogP contribution in [0.25, 0.3) is 10.2 Å². The van der Waals surface area contributed by atoms with E-state index in [1.165, 1.54) is 10.4 Å². The van der Waals surface area contributed by atoms with Crippen LogP contribution in [0.1, 0.15) is 41.5 Å². The number of rotatable bonds is 4. The first kappa shape index (κ1) is 13.9. The molecule has 0 saturated carbocycles. The zero-order chi connectivity index (χ0) is 15.0. The Balaban J connectivity index is 2.00. The Bertz CT molecular complexity index is 779. The molecule has 0 fully saturated rings. The second-order valence-corrected chi connectivity index (χ2v) is 6.17. The van der Waals surface area contributed by atoms with Gasteiger partial charge in [0.15, 0.2) is 5.82 Å². The van der Waals surface area contributed by atoms with Crippen molar-refractivity contribution in [3.05, 3.63) is 28.5 Å². The zero-order valence-electron chi connectivity index (χ0n) is 12.5. The van der Waals surface area contributed by atoms with E-state index in [0.29, 0.717) is 11.7 Å². The number of aryl methyl sites for hydroxylation is 3. The van der Waals surface area contributed by atoms with Crippen molar-refractivity contribution < 1.29 is 4.52 Å². The standard InChI is InChI=1S/C14H17N5OS/c1-5-10(13-17-9(4)19-20-13)18-12-11-7(2)8(3)21-14(11)16-6-15-12/h6,10H,5H2,1-4H3,(H,15,16,18)/t10-/m0/s1. The Morgan fingerprint density at radius 3 is 2.76 bits per heavy atom. The van der Waals surface area contributed by atoms with Crippen LogP contribution in [0.4, 0.5) is 5.82 Å². The van der Waals surface area contributed by atoms with Gasteiger partial charge >= 0.3 is 0 Å². The summed E-state index contributed by atoms with van der Waals surface area (Å²) < 4.78 is 5.27. The van der Waals surface area contributed by atoms with Crippen LogP contribution in [0.15, 0.2) is 10.9 Å². The van der Waals surface area contributed by atoms with Crippen molar-refractivity contribution in [2.24, 2.45) is 0 Å². The summed E-state index contributed by atoms with van der Waals surface area (Å²) in [5.74, 6) is 2.05. The highest BCUT2D eigenvalue weighted by Crippen LogP contribution is 2.34. The van der Waals surface area contributed by atoms with E-state index in [4.69, 9.17) is 4.52 Å². The van der Waals surface area contributed by atoms with Gasteiger partial charge in [-0.25, -0.2) is 9.97 Å². The minimum absolute atomic E-state index is 0.0519. The Kier molecular flexibility index (Phi) is 3.59. The normalized spacial score (nSPS) is 12.8. The van der Waals surface area contributed by atoms with Crippen LogP contribution in [0.5, 0.6) is 0 Å². The number of anilines is 1. The van der Waals surface area contributed by atoms with E-state index in [0.717, 1.165) is 22.5 Å². The van der Waals surface area contributed by atoms with E-state index in [9.17, 15) is 0 Å². The summed E-state index contributed by atoms with van der Waals surface area (Å²) in [4.78, 5) is 15.3. The highest BCUT2D eigenvalue weighted by Gasteiger charge is 2.19. The predicted molar refractivity (Wildman–Crippen MR) is 82.6 cm³/mol. The third kappa shape index (κ3) is 2.49. The van der Waals surface area contributed by atoms with Crippen molar-refractivity contribution >= 4 is 27.4 Å². The van der Waals surface area contributed by atoms with Gasteiger partial charge in [-0.15, -0.1) is 11.3 Å². The Morgan fingerprint density at radius 2 is 2.10 bits per heavy atom. The van der Waals surface area contributed by atoms with Gasteiger partial charge in [0.25, 0.3) is 0 Å². The van der Waals surface area contributed by atoms with E-state index in [-0.39, 0.29) is 6.04 Å². The molecule has 110 valence electrons. The van der Waals surface area contributed by atoms with Gasteiger partial charge < -0.3 is 9.84 Å². The van der Waals surface area contributed by atoms with Crippen molar-refractivity contribution in [1.82, 2.24) is 20.1 Å². The van der Waals surface area contributed by atoms with Gasteiger partial charge in [0.2, 0.25) is 5.89 Å². The maximum Gasteiger partial charge on any atom is 0.249 e. The average Bonchev–Trinajstić information content (AvgIpc) is 3.01. The predicted octanol–water partition coefficient (Wildman–Crippen LogP) is 3.56. The van der Waals surface area contributed by atoms with Gasteiger partial charge in [-0.1, -0.05) is 12.1 Å². The molecule has 0 aliphatic heterocycles. The molecule has 0 spiro atoms. The Morgan fingerprint density at radius 1 is 1.29 bits per heavy atom.